The molecule has 1 aliphatic heterocycles. The van der Waals surface area contributed by atoms with Crippen LogP contribution in [0.1, 0.15) is 50.7 Å². The Kier molecular flexibility index (Phi) is 6.63. The van der Waals surface area contributed by atoms with Crippen molar-refractivity contribution in [3.63, 3.8) is 0 Å². The highest BCUT2D eigenvalue weighted by Gasteiger charge is 2.28. The van der Waals surface area contributed by atoms with Crippen LogP contribution in [-0.4, -0.2) is 24.6 Å². The van der Waals surface area contributed by atoms with E-state index in [1.54, 1.807) is 0 Å². The summed E-state index contributed by atoms with van der Waals surface area (Å²) in [5.74, 6) is 0.863. The van der Waals surface area contributed by atoms with Crippen LogP contribution in [0.25, 0.3) is 5.76 Å². The molecule has 5 heteroatoms. The topological polar surface area (TPSA) is 38.5 Å². The molecule has 0 amide bonds. The Bertz CT molecular complexity index is 587. The zero-order chi connectivity index (χ0) is 17.0. The Morgan fingerprint density at radius 3 is 2.57 bits per heavy atom. The summed E-state index contributed by atoms with van der Waals surface area (Å²) < 4.78 is 6.15. The number of halogens is 2. The number of fused-ring (bicyclic) bond motifs is 1. The molecule has 2 N–H and O–H groups in total. The first kappa shape index (κ1) is 18.4. The van der Waals surface area contributed by atoms with Gasteiger partial charge in [-0.2, -0.15) is 0 Å². The van der Waals surface area contributed by atoms with Crippen LogP contribution in [-0.2, 0) is 11.3 Å². The summed E-state index contributed by atoms with van der Waals surface area (Å²) in [7, 11) is 2.06. The van der Waals surface area contributed by atoms with Crippen molar-refractivity contribution in [1.29, 1.82) is 0 Å². The van der Waals surface area contributed by atoms with E-state index in [0.717, 1.165) is 54.8 Å². The third kappa shape index (κ3) is 4.14. The molecule has 23 heavy (non-hydrogen) atoms. The van der Waals surface area contributed by atoms with Gasteiger partial charge in [0.15, 0.2) is 0 Å². The Morgan fingerprint density at radius 1 is 1.22 bits per heavy atom. The highest BCUT2D eigenvalue weighted by molar-refractivity contribution is 6.42. The van der Waals surface area contributed by atoms with E-state index in [-0.39, 0.29) is 6.04 Å². The van der Waals surface area contributed by atoms with Gasteiger partial charge in [-0.1, -0.05) is 49.9 Å². The molecule has 1 unspecified atom stereocenters. The smallest absolute Gasteiger partial charge is 0.147 e. The van der Waals surface area contributed by atoms with Gasteiger partial charge in [0.25, 0.3) is 0 Å². The standard InChI is InChI=1S/C18H26Cl2N2O/c1-4-6-8-23-18-13-10-15(20)14(19)9-12(13)11-22(3)17(18)16(21)7-5-2/h9-10,16H,4-8,11,21H2,1-3H3. The first-order valence-electron chi connectivity index (χ1n) is 8.31. The Hall–Kier alpha value is -0.900. The number of hydrogen-bond acceptors (Lipinski definition) is 3. The molecule has 0 spiro atoms. The lowest BCUT2D eigenvalue weighted by molar-refractivity contribution is 0.245. The fraction of sp³-hybridized carbons (Fsp3) is 0.556. The second-order valence-electron chi connectivity index (χ2n) is 6.09. The van der Waals surface area contributed by atoms with Crippen LogP contribution in [0.15, 0.2) is 17.8 Å². The number of rotatable bonds is 7. The summed E-state index contributed by atoms with van der Waals surface area (Å²) in [6.07, 6.45) is 4.07. The van der Waals surface area contributed by atoms with Crippen LogP contribution in [0.4, 0.5) is 0 Å². The number of likely N-dealkylation sites (N-methyl/N-ethyl adjacent to an activating group) is 1. The zero-order valence-corrected chi connectivity index (χ0v) is 15.7. The second kappa shape index (κ2) is 8.27. The molecule has 3 nitrogen and oxygen atoms in total. The molecule has 1 aromatic carbocycles. The van der Waals surface area contributed by atoms with Gasteiger partial charge in [0.05, 0.1) is 22.3 Å². The molecule has 0 radical (unpaired) electrons. The monoisotopic (exact) mass is 356 g/mol. The normalized spacial score (nSPS) is 15.7. The van der Waals surface area contributed by atoms with E-state index in [1.807, 2.05) is 12.1 Å². The predicted octanol–water partition coefficient (Wildman–Crippen LogP) is 5.05. The van der Waals surface area contributed by atoms with Crippen LogP contribution >= 0.6 is 23.2 Å². The third-order valence-corrected chi connectivity index (χ3v) is 4.86. The highest BCUT2D eigenvalue weighted by atomic mass is 35.5. The number of nitrogens with two attached hydrogens (primary N) is 1. The molecule has 0 aromatic heterocycles. The van der Waals surface area contributed by atoms with Gasteiger partial charge in [0.2, 0.25) is 0 Å². The number of nitrogens with zero attached hydrogens (tertiary/aromatic N) is 1. The van der Waals surface area contributed by atoms with E-state index in [0.29, 0.717) is 16.7 Å². The molecule has 0 fully saturated rings. The molecule has 1 heterocycles. The van der Waals surface area contributed by atoms with E-state index < -0.39 is 0 Å². The third-order valence-electron chi connectivity index (χ3n) is 4.14. The summed E-state index contributed by atoms with van der Waals surface area (Å²) >= 11 is 12.4. The van der Waals surface area contributed by atoms with Crippen molar-refractivity contribution >= 4 is 29.0 Å². The lowest BCUT2D eigenvalue weighted by Crippen LogP contribution is -2.36. The summed E-state index contributed by atoms with van der Waals surface area (Å²) in [4.78, 5) is 2.17. The average molecular weight is 357 g/mol. The quantitative estimate of drug-likeness (QED) is 0.694. The van der Waals surface area contributed by atoms with E-state index in [9.17, 15) is 0 Å². The zero-order valence-electron chi connectivity index (χ0n) is 14.2. The number of unbranched alkanes of at least 4 members (excludes halogenated alkanes) is 1. The molecule has 1 aromatic rings. The summed E-state index contributed by atoms with van der Waals surface area (Å²) in [5.41, 5.74) is 9.64. The largest absolute Gasteiger partial charge is 0.491 e. The summed E-state index contributed by atoms with van der Waals surface area (Å²) in [6.45, 7) is 5.74. The maximum Gasteiger partial charge on any atom is 0.147 e. The van der Waals surface area contributed by atoms with Crippen LogP contribution in [0.2, 0.25) is 10.0 Å². The van der Waals surface area contributed by atoms with Crippen LogP contribution in [0.3, 0.4) is 0 Å². The van der Waals surface area contributed by atoms with E-state index >= 15 is 0 Å². The summed E-state index contributed by atoms with van der Waals surface area (Å²) in [5, 5.41) is 1.13. The SMILES string of the molecule is CCCCOC1=C(C(N)CCC)N(C)Cc2cc(Cl)c(Cl)cc21. The molecule has 0 bridgehead atoms. The fourth-order valence-electron chi connectivity index (χ4n) is 2.95. The average Bonchev–Trinajstić information content (AvgIpc) is 2.49. The van der Waals surface area contributed by atoms with Gasteiger partial charge in [-0.3, -0.25) is 0 Å². The molecular weight excluding hydrogens is 331 g/mol. The van der Waals surface area contributed by atoms with Gasteiger partial charge < -0.3 is 15.4 Å². The number of hydrogen-bond donors (Lipinski definition) is 1. The van der Waals surface area contributed by atoms with E-state index in [2.05, 4.69) is 25.8 Å². The van der Waals surface area contributed by atoms with Crippen molar-refractivity contribution in [2.24, 2.45) is 5.73 Å². The molecule has 1 atom stereocenters. The second-order valence-corrected chi connectivity index (χ2v) is 6.91. The van der Waals surface area contributed by atoms with Gasteiger partial charge in [0, 0.05) is 25.2 Å². The van der Waals surface area contributed by atoms with Crippen LogP contribution < -0.4 is 5.73 Å². The molecule has 2 rings (SSSR count). The number of ether oxygens (including phenoxy) is 1. The van der Waals surface area contributed by atoms with Crippen molar-refractivity contribution in [2.75, 3.05) is 13.7 Å². The Balaban J connectivity index is 2.49. The molecule has 0 saturated carbocycles. The van der Waals surface area contributed by atoms with Crippen LogP contribution in [0.5, 0.6) is 0 Å². The molecule has 1 aliphatic rings. The minimum Gasteiger partial charge on any atom is -0.491 e. The first-order chi connectivity index (χ1) is 11.0. The maximum absolute atomic E-state index is 6.43. The van der Waals surface area contributed by atoms with Crippen LogP contribution in [0, 0.1) is 0 Å². The van der Waals surface area contributed by atoms with Crippen molar-refractivity contribution in [2.45, 2.75) is 52.1 Å². The lowest BCUT2D eigenvalue weighted by Gasteiger charge is -2.35. The van der Waals surface area contributed by atoms with E-state index in [4.69, 9.17) is 33.7 Å². The van der Waals surface area contributed by atoms with Gasteiger partial charge in [-0.25, -0.2) is 0 Å². The van der Waals surface area contributed by atoms with Gasteiger partial charge in [-0.15, -0.1) is 0 Å². The van der Waals surface area contributed by atoms with Crippen molar-refractivity contribution in [1.82, 2.24) is 4.90 Å². The Labute approximate surface area is 149 Å². The minimum atomic E-state index is -0.0377. The maximum atomic E-state index is 6.43. The molecule has 0 aliphatic carbocycles. The molecule has 128 valence electrons. The Morgan fingerprint density at radius 2 is 1.91 bits per heavy atom. The van der Waals surface area contributed by atoms with Crippen molar-refractivity contribution < 1.29 is 4.74 Å². The van der Waals surface area contributed by atoms with Gasteiger partial charge in [-0.05, 0) is 30.5 Å². The van der Waals surface area contributed by atoms with Crippen molar-refractivity contribution in [3.8, 4) is 0 Å². The molecular formula is C18H26Cl2N2O. The fourth-order valence-corrected chi connectivity index (χ4v) is 3.30. The first-order valence-corrected chi connectivity index (χ1v) is 9.07. The minimum absolute atomic E-state index is 0.0377. The van der Waals surface area contributed by atoms with Crippen molar-refractivity contribution in [3.05, 3.63) is 39.0 Å². The highest BCUT2D eigenvalue weighted by Crippen LogP contribution is 2.38. The van der Waals surface area contributed by atoms with E-state index in [1.165, 1.54) is 0 Å². The lowest BCUT2D eigenvalue weighted by atomic mass is 9.95. The van der Waals surface area contributed by atoms with Gasteiger partial charge in [0.1, 0.15) is 5.76 Å². The predicted molar refractivity (Wildman–Crippen MR) is 98.6 cm³/mol. The molecule has 0 saturated heterocycles. The summed E-state index contributed by atoms with van der Waals surface area (Å²) in [6, 6.07) is 3.80. The number of benzene rings is 1. The van der Waals surface area contributed by atoms with Gasteiger partial charge >= 0.3 is 0 Å².